The number of rotatable bonds is 8. The molecule has 1 saturated heterocycles. The number of amides is 2. The van der Waals surface area contributed by atoms with Crippen molar-refractivity contribution in [2.24, 2.45) is 0 Å². The second kappa shape index (κ2) is 12.1. The maximum Gasteiger partial charge on any atom is 0.410 e. The van der Waals surface area contributed by atoms with Crippen LogP contribution in [0.15, 0.2) is 90.3 Å². The summed E-state index contributed by atoms with van der Waals surface area (Å²) in [5.74, 6) is -0.0504. The Bertz CT molecular complexity index is 1750. The lowest BCUT2D eigenvalue weighted by Crippen LogP contribution is -2.50. The van der Waals surface area contributed by atoms with Gasteiger partial charge < -0.3 is 24.4 Å². The van der Waals surface area contributed by atoms with Gasteiger partial charge in [-0.15, -0.1) is 0 Å². The molecule has 44 heavy (non-hydrogen) atoms. The number of nitrogens with one attached hydrogen (secondary N) is 1. The van der Waals surface area contributed by atoms with Crippen LogP contribution >= 0.6 is 0 Å². The van der Waals surface area contributed by atoms with Gasteiger partial charge in [0, 0.05) is 42.1 Å². The molecule has 6 rings (SSSR count). The third-order valence-corrected chi connectivity index (χ3v) is 7.38. The number of cyclic esters (lactones) is 1. The maximum absolute atomic E-state index is 15.2. The van der Waals surface area contributed by atoms with Crippen LogP contribution in [0.4, 0.5) is 20.6 Å². The van der Waals surface area contributed by atoms with Crippen molar-refractivity contribution in [3.8, 4) is 17.2 Å². The number of hydrogen-bond acceptors (Lipinski definition) is 9. The molecule has 12 heteroatoms. The van der Waals surface area contributed by atoms with E-state index in [0.29, 0.717) is 40.2 Å². The number of likely N-dealkylation sites (N-methyl/N-ethyl adjacent to an activating group) is 1. The van der Waals surface area contributed by atoms with E-state index in [1.54, 1.807) is 67.8 Å². The number of fused-ring (bicyclic) bond motifs is 1. The Morgan fingerprint density at radius 1 is 1.09 bits per heavy atom. The fraction of sp³-hybridized carbons (Fsp3) is 0.219. The molecule has 0 saturated carbocycles. The second-order valence-corrected chi connectivity index (χ2v) is 10.3. The van der Waals surface area contributed by atoms with Gasteiger partial charge in [-0.05, 0) is 49.4 Å². The highest BCUT2D eigenvalue weighted by Crippen LogP contribution is 2.33. The summed E-state index contributed by atoms with van der Waals surface area (Å²) in [4.78, 5) is 37.3. The second-order valence-electron chi connectivity index (χ2n) is 10.3. The highest BCUT2D eigenvalue weighted by atomic mass is 19.1. The highest BCUT2D eigenvalue weighted by molar-refractivity contribution is 6.04. The number of nitrogens with zero attached hydrogens (tertiary/aromatic N) is 4. The molecule has 0 spiro atoms. The number of benzene rings is 3. The molecule has 2 amide bonds. The van der Waals surface area contributed by atoms with Gasteiger partial charge in [0.15, 0.2) is 11.6 Å². The highest BCUT2D eigenvalue weighted by Gasteiger charge is 2.35. The monoisotopic (exact) mass is 599 g/mol. The Balaban J connectivity index is 1.21. The van der Waals surface area contributed by atoms with Crippen molar-refractivity contribution in [1.82, 2.24) is 14.9 Å². The van der Waals surface area contributed by atoms with Gasteiger partial charge in [-0.2, -0.15) is 5.17 Å². The van der Waals surface area contributed by atoms with Gasteiger partial charge in [-0.25, -0.2) is 14.0 Å². The fourth-order valence-corrected chi connectivity index (χ4v) is 5.04. The number of para-hydroxylation sites is 1. The van der Waals surface area contributed by atoms with E-state index in [-0.39, 0.29) is 24.6 Å². The summed E-state index contributed by atoms with van der Waals surface area (Å²) in [6, 6.07) is 20.6. The normalized spacial score (nSPS) is 16.8. The minimum absolute atomic E-state index is 0.0107. The Morgan fingerprint density at radius 2 is 1.91 bits per heavy atom. The summed E-state index contributed by atoms with van der Waals surface area (Å²) in [7, 11) is 3.23. The van der Waals surface area contributed by atoms with E-state index >= 15 is 4.39 Å². The van der Waals surface area contributed by atoms with Crippen molar-refractivity contribution < 1.29 is 33.0 Å². The fourth-order valence-electron chi connectivity index (χ4n) is 5.04. The summed E-state index contributed by atoms with van der Waals surface area (Å²) in [6.07, 6.45) is 0.717. The molecule has 3 aromatic carbocycles. The van der Waals surface area contributed by atoms with Crippen molar-refractivity contribution in [1.29, 1.82) is 0 Å². The molecule has 1 fully saturated rings. The average Bonchev–Trinajstić information content (AvgIpc) is 3.35. The van der Waals surface area contributed by atoms with Crippen LogP contribution in [-0.4, -0.2) is 66.9 Å². The lowest BCUT2D eigenvalue weighted by Gasteiger charge is -2.42. The molecule has 1 N–H and O–H groups in total. The number of hydrazine groups is 1. The first-order valence-electron chi connectivity index (χ1n) is 13.9. The van der Waals surface area contributed by atoms with Crippen LogP contribution in [0.3, 0.4) is 0 Å². The molecule has 1 aromatic heterocycles. The SMILES string of the molecule is COc1ccc2c(Oc3ccc(NC(=O)C4=C(C)N(CC5CN(C)C(=O)O5)N(c5ccccc5)OC4)cc3F)ccnc2c1. The quantitative estimate of drug-likeness (QED) is 0.281. The van der Waals surface area contributed by atoms with Gasteiger partial charge in [0.05, 0.1) is 37.0 Å². The molecule has 3 heterocycles. The van der Waals surface area contributed by atoms with Crippen molar-refractivity contribution in [2.45, 2.75) is 13.0 Å². The molecule has 2 aliphatic rings. The van der Waals surface area contributed by atoms with E-state index in [9.17, 15) is 9.59 Å². The number of anilines is 2. The molecule has 1 unspecified atom stereocenters. The number of carbonyl (C=O) groups is 2. The van der Waals surface area contributed by atoms with E-state index in [4.69, 9.17) is 19.0 Å². The number of hydrogen-bond donors (Lipinski definition) is 1. The van der Waals surface area contributed by atoms with Gasteiger partial charge in [-0.1, -0.05) is 18.2 Å². The van der Waals surface area contributed by atoms with E-state index < -0.39 is 23.9 Å². The molecule has 1 atom stereocenters. The molecule has 4 aromatic rings. The van der Waals surface area contributed by atoms with Crippen LogP contribution in [-0.2, 0) is 14.4 Å². The van der Waals surface area contributed by atoms with Crippen molar-refractivity contribution in [2.75, 3.05) is 44.3 Å². The predicted octanol–water partition coefficient (Wildman–Crippen LogP) is 5.51. The van der Waals surface area contributed by atoms with Gasteiger partial charge in [0.2, 0.25) is 0 Å². The Hall–Kier alpha value is -5.36. The molecule has 226 valence electrons. The van der Waals surface area contributed by atoms with Crippen molar-refractivity contribution in [3.05, 3.63) is 96.1 Å². The van der Waals surface area contributed by atoms with Gasteiger partial charge in [0.25, 0.3) is 5.91 Å². The summed E-state index contributed by atoms with van der Waals surface area (Å²) in [5, 5.41) is 6.80. The summed E-state index contributed by atoms with van der Waals surface area (Å²) >= 11 is 0. The molecule has 11 nitrogen and oxygen atoms in total. The van der Waals surface area contributed by atoms with Crippen LogP contribution in [0.25, 0.3) is 10.9 Å². The van der Waals surface area contributed by atoms with Crippen LogP contribution < -0.4 is 20.0 Å². The maximum atomic E-state index is 15.2. The number of halogens is 1. The predicted molar refractivity (Wildman–Crippen MR) is 161 cm³/mol. The van der Waals surface area contributed by atoms with E-state index in [1.807, 2.05) is 30.3 Å². The first kappa shape index (κ1) is 28.7. The van der Waals surface area contributed by atoms with E-state index in [1.165, 1.54) is 17.0 Å². The molecule has 2 aliphatic heterocycles. The molecular weight excluding hydrogens is 569 g/mol. The lowest BCUT2D eigenvalue weighted by atomic mass is 10.1. The van der Waals surface area contributed by atoms with E-state index in [0.717, 1.165) is 5.69 Å². The van der Waals surface area contributed by atoms with Crippen LogP contribution in [0, 0.1) is 5.82 Å². The Kier molecular flexibility index (Phi) is 7.90. The zero-order chi connectivity index (χ0) is 30.8. The Morgan fingerprint density at radius 3 is 2.64 bits per heavy atom. The summed E-state index contributed by atoms with van der Waals surface area (Å²) in [5.41, 5.74) is 2.57. The van der Waals surface area contributed by atoms with Gasteiger partial charge in [-0.3, -0.25) is 14.8 Å². The molecule has 0 radical (unpaired) electrons. The zero-order valence-electron chi connectivity index (χ0n) is 24.3. The summed E-state index contributed by atoms with van der Waals surface area (Å²) < 4.78 is 31.8. The van der Waals surface area contributed by atoms with Crippen LogP contribution in [0.5, 0.6) is 17.2 Å². The number of ether oxygens (including phenoxy) is 3. The largest absolute Gasteiger partial charge is 0.497 e. The van der Waals surface area contributed by atoms with Gasteiger partial charge in [0.1, 0.15) is 24.2 Å². The topological polar surface area (TPSA) is 106 Å². The van der Waals surface area contributed by atoms with Crippen LogP contribution in [0.1, 0.15) is 6.92 Å². The average molecular weight is 600 g/mol. The number of carbonyl (C=O) groups excluding carboxylic acids is 2. The standard InChI is InChI=1S/C32H30FN5O6/c1-20-26(19-42-38(22-7-5-4-6-8-22)37(20)18-24-17-36(2)32(40)43-24)31(39)35-21-9-12-30(27(33)15-21)44-29-13-14-34-28-16-23(41-3)10-11-25(28)29/h4-16,24H,17-19H2,1-3H3,(H,35,39). The minimum Gasteiger partial charge on any atom is -0.497 e. The molecule has 0 aliphatic carbocycles. The zero-order valence-corrected chi connectivity index (χ0v) is 24.3. The first-order valence-corrected chi connectivity index (χ1v) is 13.9. The minimum atomic E-state index is -0.657. The molecule has 0 bridgehead atoms. The number of aromatic nitrogens is 1. The third-order valence-electron chi connectivity index (χ3n) is 7.38. The van der Waals surface area contributed by atoms with E-state index in [2.05, 4.69) is 10.3 Å². The third kappa shape index (κ3) is 5.79. The smallest absolute Gasteiger partial charge is 0.410 e. The number of allylic oxidation sites excluding steroid dienone is 1. The van der Waals surface area contributed by atoms with Crippen molar-refractivity contribution >= 4 is 34.3 Å². The van der Waals surface area contributed by atoms with Gasteiger partial charge >= 0.3 is 6.09 Å². The number of methoxy groups -OCH3 is 1. The van der Waals surface area contributed by atoms with Crippen molar-refractivity contribution in [3.63, 3.8) is 0 Å². The summed E-state index contributed by atoms with van der Waals surface area (Å²) in [6.45, 7) is 2.41. The molecular formula is C32H30FN5O6. The first-order chi connectivity index (χ1) is 21.3. The number of pyridine rings is 1. The Labute approximate surface area is 252 Å². The lowest BCUT2D eigenvalue weighted by molar-refractivity contribution is -0.115. The van der Waals surface area contributed by atoms with Crippen LogP contribution in [0.2, 0.25) is 0 Å².